The zero-order valence-electron chi connectivity index (χ0n) is 12.0. The minimum Gasteiger partial charge on any atom is -0.465 e. The van der Waals surface area contributed by atoms with Crippen LogP contribution in [0, 0.1) is 5.92 Å². The number of hydrogen-bond acceptors (Lipinski definition) is 5. The summed E-state index contributed by atoms with van der Waals surface area (Å²) in [7, 11) is 0. The van der Waals surface area contributed by atoms with Gasteiger partial charge in [0.05, 0.1) is 18.2 Å². The molecule has 0 radical (unpaired) electrons. The molecule has 1 aliphatic carbocycles. The molecule has 0 aromatic carbocycles. The molecule has 1 aliphatic rings. The van der Waals surface area contributed by atoms with Crippen molar-refractivity contribution in [3.8, 4) is 0 Å². The Bertz CT molecular complexity index is 371. The molecule has 108 valence electrons. The van der Waals surface area contributed by atoms with Crippen LogP contribution in [-0.4, -0.2) is 30.0 Å². The van der Waals surface area contributed by atoms with Gasteiger partial charge in [0.15, 0.2) is 0 Å². The molecule has 1 amide bonds. The van der Waals surface area contributed by atoms with Crippen LogP contribution < -0.4 is 5.43 Å². The van der Waals surface area contributed by atoms with Crippen LogP contribution in [0.3, 0.4) is 0 Å². The van der Waals surface area contributed by atoms with E-state index in [1.807, 2.05) is 0 Å². The molecule has 1 N–H and O–H groups in total. The van der Waals surface area contributed by atoms with E-state index in [2.05, 4.69) is 10.5 Å². The van der Waals surface area contributed by atoms with Crippen LogP contribution >= 0.6 is 0 Å². The molecular weight excluding hydrogens is 248 g/mol. The van der Waals surface area contributed by atoms with Gasteiger partial charge in [0.1, 0.15) is 5.60 Å². The summed E-state index contributed by atoms with van der Waals surface area (Å²) in [4.78, 5) is 23.1. The molecular formula is C13H22N2O4. The Labute approximate surface area is 113 Å². The lowest BCUT2D eigenvalue weighted by Crippen LogP contribution is -2.31. The molecule has 0 aromatic heterocycles. The van der Waals surface area contributed by atoms with E-state index >= 15 is 0 Å². The van der Waals surface area contributed by atoms with E-state index in [1.165, 1.54) is 0 Å². The van der Waals surface area contributed by atoms with Crippen LogP contribution in [-0.2, 0) is 14.3 Å². The maximum absolute atomic E-state index is 11.7. The predicted molar refractivity (Wildman–Crippen MR) is 70.8 cm³/mol. The molecule has 0 spiro atoms. The van der Waals surface area contributed by atoms with Crippen molar-refractivity contribution >= 4 is 17.8 Å². The van der Waals surface area contributed by atoms with E-state index in [0.29, 0.717) is 25.2 Å². The maximum atomic E-state index is 11.7. The number of ether oxygens (including phenoxy) is 2. The topological polar surface area (TPSA) is 77.0 Å². The van der Waals surface area contributed by atoms with Crippen LogP contribution in [0.15, 0.2) is 5.10 Å². The van der Waals surface area contributed by atoms with Gasteiger partial charge in [0.25, 0.3) is 0 Å². The summed E-state index contributed by atoms with van der Waals surface area (Å²) in [6.07, 6.45) is 1.67. The van der Waals surface area contributed by atoms with Gasteiger partial charge in [-0.2, -0.15) is 5.10 Å². The molecule has 0 aliphatic heterocycles. The van der Waals surface area contributed by atoms with E-state index in [0.717, 1.165) is 6.42 Å². The summed E-state index contributed by atoms with van der Waals surface area (Å²) < 4.78 is 10.0. The number of carbonyl (C=O) groups is 2. The van der Waals surface area contributed by atoms with Crippen molar-refractivity contribution in [2.45, 2.75) is 52.6 Å². The number of esters is 1. The lowest BCUT2D eigenvalue weighted by molar-refractivity contribution is -0.145. The zero-order valence-corrected chi connectivity index (χ0v) is 12.0. The van der Waals surface area contributed by atoms with Crippen molar-refractivity contribution in [1.82, 2.24) is 5.43 Å². The SMILES string of the molecule is CCOC(=O)C1CCC/C1=N\NC(=O)OC(C)(C)C. The number of rotatable bonds is 3. The third kappa shape index (κ3) is 5.28. The van der Waals surface area contributed by atoms with Crippen molar-refractivity contribution < 1.29 is 19.1 Å². The van der Waals surface area contributed by atoms with Gasteiger partial charge >= 0.3 is 12.1 Å². The monoisotopic (exact) mass is 270 g/mol. The van der Waals surface area contributed by atoms with Crippen molar-refractivity contribution in [1.29, 1.82) is 0 Å². The van der Waals surface area contributed by atoms with Gasteiger partial charge in [-0.25, -0.2) is 10.2 Å². The van der Waals surface area contributed by atoms with E-state index in [4.69, 9.17) is 9.47 Å². The summed E-state index contributed by atoms with van der Waals surface area (Å²) in [6.45, 7) is 7.44. The predicted octanol–water partition coefficient (Wildman–Crippen LogP) is 2.23. The van der Waals surface area contributed by atoms with Crippen LogP contribution in [0.4, 0.5) is 4.79 Å². The Hall–Kier alpha value is -1.59. The Balaban J connectivity index is 2.56. The maximum Gasteiger partial charge on any atom is 0.428 e. The molecule has 1 atom stereocenters. The number of carbonyl (C=O) groups excluding carboxylic acids is 2. The second-order valence-electron chi connectivity index (χ2n) is 5.41. The van der Waals surface area contributed by atoms with Gasteiger partial charge in [-0.1, -0.05) is 0 Å². The minimum absolute atomic E-state index is 0.273. The fourth-order valence-corrected chi connectivity index (χ4v) is 1.88. The number of amides is 1. The van der Waals surface area contributed by atoms with Gasteiger partial charge in [-0.05, 0) is 47.0 Å². The van der Waals surface area contributed by atoms with Crippen molar-refractivity contribution in [3.63, 3.8) is 0 Å². The number of hydrogen-bond donors (Lipinski definition) is 1. The highest BCUT2D eigenvalue weighted by Gasteiger charge is 2.30. The van der Waals surface area contributed by atoms with E-state index in [9.17, 15) is 9.59 Å². The lowest BCUT2D eigenvalue weighted by atomic mass is 10.1. The van der Waals surface area contributed by atoms with E-state index in [1.54, 1.807) is 27.7 Å². The van der Waals surface area contributed by atoms with Crippen LogP contribution in [0.1, 0.15) is 47.0 Å². The average Bonchev–Trinajstić information content (AvgIpc) is 2.72. The molecule has 0 aromatic rings. The van der Waals surface area contributed by atoms with E-state index in [-0.39, 0.29) is 11.9 Å². The molecule has 0 heterocycles. The molecule has 0 bridgehead atoms. The molecule has 1 fully saturated rings. The Morgan fingerprint density at radius 1 is 1.42 bits per heavy atom. The number of nitrogens with zero attached hydrogens (tertiary/aromatic N) is 1. The van der Waals surface area contributed by atoms with Gasteiger partial charge in [0, 0.05) is 0 Å². The van der Waals surface area contributed by atoms with E-state index < -0.39 is 11.7 Å². The summed E-state index contributed by atoms with van der Waals surface area (Å²) >= 11 is 0. The first-order chi connectivity index (χ1) is 8.83. The highest BCUT2D eigenvalue weighted by atomic mass is 16.6. The van der Waals surface area contributed by atoms with Gasteiger partial charge in [-0.15, -0.1) is 0 Å². The first-order valence-electron chi connectivity index (χ1n) is 6.55. The molecule has 1 rings (SSSR count). The standard InChI is InChI=1S/C13H22N2O4/c1-5-18-11(16)9-7-6-8-10(9)14-15-12(17)19-13(2,3)4/h9H,5-8H2,1-4H3,(H,15,17)/b14-10+. The van der Waals surface area contributed by atoms with Crippen LogP contribution in [0.2, 0.25) is 0 Å². The quantitative estimate of drug-likeness (QED) is 0.630. The second kappa shape index (κ2) is 6.54. The first kappa shape index (κ1) is 15.5. The summed E-state index contributed by atoms with van der Waals surface area (Å²) in [5.41, 5.74) is 2.41. The zero-order chi connectivity index (χ0) is 14.5. The Morgan fingerprint density at radius 2 is 2.11 bits per heavy atom. The van der Waals surface area contributed by atoms with Crippen molar-refractivity contribution in [3.05, 3.63) is 0 Å². The Kier molecular flexibility index (Phi) is 5.32. The van der Waals surface area contributed by atoms with Gasteiger partial charge in [0.2, 0.25) is 0 Å². The fraction of sp³-hybridized carbons (Fsp3) is 0.769. The van der Waals surface area contributed by atoms with Crippen molar-refractivity contribution in [2.75, 3.05) is 6.61 Å². The number of hydrazone groups is 1. The third-order valence-corrected chi connectivity index (χ3v) is 2.59. The van der Waals surface area contributed by atoms with Crippen LogP contribution in [0.5, 0.6) is 0 Å². The van der Waals surface area contributed by atoms with Crippen LogP contribution in [0.25, 0.3) is 0 Å². The Morgan fingerprint density at radius 3 is 2.68 bits per heavy atom. The molecule has 1 unspecified atom stereocenters. The largest absolute Gasteiger partial charge is 0.465 e. The van der Waals surface area contributed by atoms with Gasteiger partial charge in [-0.3, -0.25) is 4.79 Å². The third-order valence-electron chi connectivity index (χ3n) is 2.59. The summed E-state index contributed by atoms with van der Waals surface area (Å²) in [5, 5.41) is 3.98. The molecule has 6 nitrogen and oxygen atoms in total. The molecule has 1 saturated carbocycles. The summed E-state index contributed by atoms with van der Waals surface area (Å²) in [5.74, 6) is -0.611. The summed E-state index contributed by atoms with van der Waals surface area (Å²) in [6, 6.07) is 0. The highest BCUT2D eigenvalue weighted by molar-refractivity contribution is 6.03. The second-order valence-corrected chi connectivity index (χ2v) is 5.41. The first-order valence-corrected chi connectivity index (χ1v) is 6.55. The minimum atomic E-state index is -0.616. The lowest BCUT2D eigenvalue weighted by Gasteiger charge is -2.18. The highest BCUT2D eigenvalue weighted by Crippen LogP contribution is 2.23. The molecule has 19 heavy (non-hydrogen) atoms. The molecule has 0 saturated heterocycles. The fourth-order valence-electron chi connectivity index (χ4n) is 1.88. The number of nitrogens with one attached hydrogen (secondary N) is 1. The normalized spacial score (nSPS) is 21.3. The molecule has 6 heteroatoms. The van der Waals surface area contributed by atoms with Crippen molar-refractivity contribution in [2.24, 2.45) is 11.0 Å². The van der Waals surface area contributed by atoms with Gasteiger partial charge < -0.3 is 9.47 Å². The smallest absolute Gasteiger partial charge is 0.428 e. The average molecular weight is 270 g/mol.